The lowest BCUT2D eigenvalue weighted by molar-refractivity contribution is -0.138. The molecule has 0 aliphatic carbocycles. The van der Waals surface area contributed by atoms with Crippen molar-refractivity contribution >= 4 is 9.84 Å². The van der Waals surface area contributed by atoms with Gasteiger partial charge in [-0.3, -0.25) is 4.98 Å². The monoisotopic (exact) mass is 315 g/mol. The summed E-state index contributed by atoms with van der Waals surface area (Å²) in [6.45, 7) is 0. The number of alkyl halides is 3. The Morgan fingerprint density at radius 1 is 1.19 bits per heavy atom. The molecule has 1 aromatic carbocycles. The summed E-state index contributed by atoms with van der Waals surface area (Å²) >= 11 is 0. The molecular weight excluding hydrogens is 303 g/mol. The fourth-order valence-electron chi connectivity index (χ4n) is 1.93. The van der Waals surface area contributed by atoms with Crippen molar-refractivity contribution in [3.63, 3.8) is 0 Å². The summed E-state index contributed by atoms with van der Waals surface area (Å²) in [4.78, 5) is 3.51. The third-order valence-electron chi connectivity index (χ3n) is 2.93. The molecule has 0 bridgehead atoms. The van der Waals surface area contributed by atoms with E-state index in [0.717, 1.165) is 6.26 Å². The molecule has 0 aliphatic heterocycles. The maximum Gasteiger partial charge on any atom is 0.416 e. The lowest BCUT2D eigenvalue weighted by Gasteiger charge is -2.14. The Kier molecular flexibility index (Phi) is 4.04. The first-order valence-electron chi connectivity index (χ1n) is 5.97. The highest BCUT2D eigenvalue weighted by Crippen LogP contribution is 2.34. The quantitative estimate of drug-likeness (QED) is 0.874. The minimum Gasteiger partial charge on any atom is -0.264 e. The van der Waals surface area contributed by atoms with E-state index >= 15 is 0 Å². The van der Waals surface area contributed by atoms with Crippen LogP contribution in [0.4, 0.5) is 13.2 Å². The highest BCUT2D eigenvalue weighted by molar-refractivity contribution is 7.90. The summed E-state index contributed by atoms with van der Waals surface area (Å²) in [5.74, 6) is 0. The number of rotatable bonds is 3. The molecule has 0 spiro atoms. The smallest absolute Gasteiger partial charge is 0.264 e. The fraction of sp³-hybridized carbons (Fsp3) is 0.214. The van der Waals surface area contributed by atoms with Gasteiger partial charge in [0.15, 0.2) is 9.84 Å². The van der Waals surface area contributed by atoms with Crippen LogP contribution in [0.25, 0.3) is 0 Å². The van der Waals surface area contributed by atoms with E-state index in [1.807, 2.05) is 0 Å². The maximum atomic E-state index is 13.1. The third-order valence-corrected chi connectivity index (χ3v) is 4.04. The molecule has 0 radical (unpaired) electrons. The van der Waals surface area contributed by atoms with E-state index in [-0.39, 0.29) is 16.9 Å². The molecule has 2 rings (SSSR count). The van der Waals surface area contributed by atoms with E-state index in [1.54, 1.807) is 12.1 Å². The Morgan fingerprint density at radius 3 is 2.43 bits per heavy atom. The molecule has 0 saturated heterocycles. The van der Waals surface area contributed by atoms with Crippen molar-refractivity contribution in [1.82, 2.24) is 4.98 Å². The second-order valence-corrected chi connectivity index (χ2v) is 6.64. The number of benzene rings is 1. The lowest BCUT2D eigenvalue weighted by Crippen LogP contribution is -2.11. The normalized spacial score (nSPS) is 12.4. The Bertz CT molecular complexity index is 741. The van der Waals surface area contributed by atoms with Crippen molar-refractivity contribution in [2.24, 2.45) is 0 Å². The summed E-state index contributed by atoms with van der Waals surface area (Å²) in [6.07, 6.45) is -0.695. The van der Waals surface area contributed by atoms with Crippen LogP contribution < -0.4 is 0 Å². The van der Waals surface area contributed by atoms with E-state index in [9.17, 15) is 21.6 Å². The fourth-order valence-corrected chi connectivity index (χ4v) is 2.57. The average Bonchev–Trinajstić information content (AvgIpc) is 2.38. The molecule has 2 aromatic rings. The highest BCUT2D eigenvalue weighted by Gasteiger charge is 2.34. The number of nitrogens with zero attached hydrogens (tertiary/aromatic N) is 1. The van der Waals surface area contributed by atoms with Gasteiger partial charge in [-0.1, -0.05) is 12.1 Å². The lowest BCUT2D eigenvalue weighted by atomic mass is 10.0. The molecule has 0 atom stereocenters. The molecule has 0 fully saturated rings. The molecule has 21 heavy (non-hydrogen) atoms. The van der Waals surface area contributed by atoms with E-state index < -0.39 is 21.6 Å². The predicted octanol–water partition coefficient (Wildman–Crippen LogP) is 3.09. The van der Waals surface area contributed by atoms with Gasteiger partial charge in [-0.05, 0) is 35.7 Å². The van der Waals surface area contributed by atoms with Crippen molar-refractivity contribution in [2.45, 2.75) is 17.5 Å². The third kappa shape index (κ3) is 3.81. The summed E-state index contributed by atoms with van der Waals surface area (Å²) in [6, 6.07) is 6.37. The minimum absolute atomic E-state index is 0.0166. The summed E-state index contributed by atoms with van der Waals surface area (Å²) in [5, 5.41) is 0. The topological polar surface area (TPSA) is 47.0 Å². The number of hydrogen-bond donors (Lipinski definition) is 0. The van der Waals surface area contributed by atoms with Crippen LogP contribution in [0.2, 0.25) is 0 Å². The highest BCUT2D eigenvalue weighted by atomic mass is 32.2. The van der Waals surface area contributed by atoms with Crippen LogP contribution in [0.3, 0.4) is 0 Å². The molecule has 112 valence electrons. The Hall–Kier alpha value is -1.89. The van der Waals surface area contributed by atoms with Crippen molar-refractivity contribution in [1.29, 1.82) is 0 Å². The number of hydrogen-bond acceptors (Lipinski definition) is 3. The maximum absolute atomic E-state index is 13.1. The molecular formula is C14H12F3NO2S. The molecule has 1 aromatic heterocycles. The molecule has 0 amide bonds. The Balaban J connectivity index is 2.51. The molecule has 0 N–H and O–H groups in total. The van der Waals surface area contributed by atoms with E-state index in [0.29, 0.717) is 11.6 Å². The second-order valence-electron chi connectivity index (χ2n) is 4.63. The van der Waals surface area contributed by atoms with Gasteiger partial charge in [-0.25, -0.2) is 8.42 Å². The zero-order valence-electron chi connectivity index (χ0n) is 11.1. The number of sulfone groups is 1. The second kappa shape index (κ2) is 5.48. The first-order valence-corrected chi connectivity index (χ1v) is 7.86. The van der Waals surface area contributed by atoms with Crippen LogP contribution in [0.15, 0.2) is 47.6 Å². The summed E-state index contributed by atoms with van der Waals surface area (Å²) in [7, 11) is -3.69. The zero-order chi connectivity index (χ0) is 15.7. The predicted molar refractivity (Wildman–Crippen MR) is 71.6 cm³/mol. The molecule has 0 saturated carbocycles. The molecule has 7 heteroatoms. The number of halogens is 3. The van der Waals surface area contributed by atoms with E-state index in [2.05, 4.69) is 4.98 Å². The Labute approximate surface area is 120 Å². The van der Waals surface area contributed by atoms with Gasteiger partial charge in [0, 0.05) is 18.6 Å². The van der Waals surface area contributed by atoms with Gasteiger partial charge < -0.3 is 0 Å². The Morgan fingerprint density at radius 2 is 1.90 bits per heavy atom. The van der Waals surface area contributed by atoms with E-state index in [4.69, 9.17) is 0 Å². The van der Waals surface area contributed by atoms with Crippen LogP contribution in [0, 0.1) is 0 Å². The zero-order valence-corrected chi connectivity index (χ0v) is 11.9. The van der Waals surface area contributed by atoms with Gasteiger partial charge in [0.1, 0.15) is 0 Å². The van der Waals surface area contributed by atoms with Crippen LogP contribution in [0.5, 0.6) is 0 Å². The summed E-state index contributed by atoms with van der Waals surface area (Å²) in [5.41, 5.74) is -0.299. The van der Waals surface area contributed by atoms with Gasteiger partial charge in [0.2, 0.25) is 0 Å². The number of aromatic nitrogens is 1. The summed E-state index contributed by atoms with van der Waals surface area (Å²) < 4.78 is 62.1. The van der Waals surface area contributed by atoms with E-state index in [1.165, 1.54) is 24.5 Å². The number of pyridine rings is 1. The van der Waals surface area contributed by atoms with Gasteiger partial charge in [0.05, 0.1) is 10.5 Å². The van der Waals surface area contributed by atoms with Gasteiger partial charge in [0.25, 0.3) is 0 Å². The van der Waals surface area contributed by atoms with Crippen LogP contribution >= 0.6 is 0 Å². The van der Waals surface area contributed by atoms with Gasteiger partial charge in [-0.15, -0.1) is 0 Å². The van der Waals surface area contributed by atoms with Gasteiger partial charge in [-0.2, -0.15) is 13.2 Å². The standard InChI is InChI=1S/C14H12F3NO2S/c1-21(19,20)12-5-4-11(13(8-12)14(15,16)17)7-10-3-2-6-18-9-10/h2-6,8-9H,7H2,1H3. The van der Waals surface area contributed by atoms with Crippen LogP contribution in [0.1, 0.15) is 16.7 Å². The van der Waals surface area contributed by atoms with Crippen LogP contribution in [-0.2, 0) is 22.4 Å². The molecule has 1 heterocycles. The average molecular weight is 315 g/mol. The van der Waals surface area contributed by atoms with Crippen LogP contribution in [-0.4, -0.2) is 19.7 Å². The first-order chi connectivity index (χ1) is 9.68. The molecule has 0 aliphatic rings. The van der Waals surface area contributed by atoms with Crippen molar-refractivity contribution in [2.75, 3.05) is 6.26 Å². The SMILES string of the molecule is CS(=O)(=O)c1ccc(Cc2cccnc2)c(C(F)(F)F)c1. The minimum atomic E-state index is -4.61. The largest absolute Gasteiger partial charge is 0.416 e. The van der Waals surface area contributed by atoms with Crippen molar-refractivity contribution in [3.05, 3.63) is 59.4 Å². The van der Waals surface area contributed by atoms with Gasteiger partial charge >= 0.3 is 6.18 Å². The molecule has 0 unspecified atom stereocenters. The van der Waals surface area contributed by atoms with Crippen molar-refractivity contribution < 1.29 is 21.6 Å². The molecule has 3 nitrogen and oxygen atoms in total. The van der Waals surface area contributed by atoms with Crippen molar-refractivity contribution in [3.8, 4) is 0 Å². The first kappa shape index (κ1) is 15.5.